The summed E-state index contributed by atoms with van der Waals surface area (Å²) >= 11 is 0. The monoisotopic (exact) mass is 723 g/mol. The fraction of sp³-hybridized carbons (Fsp3) is 0.250. The van der Waals surface area contributed by atoms with Crippen molar-refractivity contribution in [3.8, 4) is 0 Å². The Hall–Kier alpha value is -0.905. The lowest BCUT2D eigenvalue weighted by Gasteiger charge is -1.76. The molecule has 0 amide bonds. The Kier molecular flexibility index (Phi) is 27.7. The minimum Gasteiger partial charge on any atom is -0.341 e. The predicted molar refractivity (Wildman–Crippen MR) is 145 cm³/mol. The SMILES string of the molecule is Cn1ccnc1.Cn1ccnc1.Cn1ccnc1.Cn1ccnc1.I.I.I.[B]. The van der Waals surface area contributed by atoms with E-state index in [9.17, 15) is 0 Å². The summed E-state index contributed by atoms with van der Waals surface area (Å²) in [6, 6.07) is 0. The third kappa shape index (κ3) is 19.8. The first-order valence-corrected chi connectivity index (χ1v) is 7.25. The number of halogens is 3. The van der Waals surface area contributed by atoms with E-state index in [4.69, 9.17) is 0 Å². The van der Waals surface area contributed by atoms with Crippen molar-refractivity contribution in [2.24, 2.45) is 28.2 Å². The highest BCUT2D eigenvalue weighted by atomic mass is 127. The number of aromatic nitrogens is 8. The second-order valence-corrected chi connectivity index (χ2v) is 4.91. The maximum Gasteiger partial charge on any atom is 0.0943 e. The molecule has 3 radical (unpaired) electrons. The standard InChI is InChI=1S/4C4H6N2.B.3HI/c4*1-6-3-2-5-4-6;;;;/h4*2-4H,1H3;;3*1H. The van der Waals surface area contributed by atoms with E-state index < -0.39 is 0 Å². The van der Waals surface area contributed by atoms with Crippen molar-refractivity contribution < 1.29 is 0 Å². The Labute approximate surface area is 219 Å². The van der Waals surface area contributed by atoms with Gasteiger partial charge in [0.15, 0.2) is 0 Å². The highest BCUT2D eigenvalue weighted by molar-refractivity contribution is 14.0. The molecule has 4 aromatic rings. The molecule has 0 aliphatic carbocycles. The summed E-state index contributed by atoms with van der Waals surface area (Å²) in [6.45, 7) is 0. The first-order valence-electron chi connectivity index (χ1n) is 7.25. The molecule has 4 heterocycles. The first-order chi connectivity index (χ1) is 11.6. The molecule has 0 N–H and O–H groups in total. The molecule has 8 nitrogen and oxygen atoms in total. The molecule has 12 heteroatoms. The topological polar surface area (TPSA) is 71.3 Å². The molecule has 4 rings (SSSR count). The van der Waals surface area contributed by atoms with Crippen molar-refractivity contribution in [3.05, 3.63) is 74.9 Å². The number of hydrogen-bond donors (Lipinski definition) is 0. The second kappa shape index (κ2) is 22.4. The van der Waals surface area contributed by atoms with E-state index in [1.165, 1.54) is 0 Å². The van der Waals surface area contributed by atoms with Gasteiger partial charge in [0.25, 0.3) is 0 Å². The van der Waals surface area contributed by atoms with Crippen LogP contribution in [0.25, 0.3) is 0 Å². The van der Waals surface area contributed by atoms with E-state index in [1.54, 1.807) is 50.1 Å². The number of hydrogen-bond acceptors (Lipinski definition) is 4. The number of imidazole rings is 4. The second-order valence-electron chi connectivity index (χ2n) is 4.91. The summed E-state index contributed by atoms with van der Waals surface area (Å²) in [6.07, 6.45) is 21.6. The van der Waals surface area contributed by atoms with Crippen molar-refractivity contribution >= 4 is 80.3 Å². The molecule has 0 spiro atoms. The van der Waals surface area contributed by atoms with Crippen molar-refractivity contribution in [2.45, 2.75) is 0 Å². The summed E-state index contributed by atoms with van der Waals surface area (Å²) in [5, 5.41) is 0. The minimum atomic E-state index is 0. The summed E-state index contributed by atoms with van der Waals surface area (Å²) in [4.78, 5) is 15.1. The van der Waals surface area contributed by atoms with Crippen LogP contribution < -0.4 is 0 Å². The Morgan fingerprint density at radius 2 is 0.607 bits per heavy atom. The van der Waals surface area contributed by atoms with Gasteiger partial charge in [0.1, 0.15) is 0 Å². The third-order valence-corrected chi connectivity index (χ3v) is 2.55. The molecule has 0 saturated carbocycles. The minimum absolute atomic E-state index is 0. The van der Waals surface area contributed by atoms with Gasteiger partial charge in [-0.2, -0.15) is 0 Å². The van der Waals surface area contributed by atoms with Crippen LogP contribution >= 0.6 is 71.9 Å². The zero-order valence-corrected chi connectivity index (χ0v) is 23.3. The van der Waals surface area contributed by atoms with Crippen LogP contribution in [0.15, 0.2) is 74.9 Å². The van der Waals surface area contributed by atoms with Gasteiger partial charge in [-0.25, -0.2) is 19.9 Å². The summed E-state index contributed by atoms with van der Waals surface area (Å²) in [7, 11) is 7.75. The van der Waals surface area contributed by atoms with Crippen LogP contribution in [-0.4, -0.2) is 46.6 Å². The van der Waals surface area contributed by atoms with Crippen molar-refractivity contribution in [1.29, 1.82) is 0 Å². The molecule has 0 bridgehead atoms. The van der Waals surface area contributed by atoms with Gasteiger partial charge in [0.05, 0.1) is 25.3 Å². The summed E-state index contributed by atoms with van der Waals surface area (Å²) in [5.41, 5.74) is 0. The predicted octanol–water partition coefficient (Wildman–Crippen LogP) is 3.15. The summed E-state index contributed by atoms with van der Waals surface area (Å²) < 4.78 is 7.56. The van der Waals surface area contributed by atoms with E-state index in [0.717, 1.165) is 0 Å². The molecule has 0 unspecified atom stereocenters. The van der Waals surface area contributed by atoms with Gasteiger partial charge in [-0.05, 0) is 0 Å². The van der Waals surface area contributed by atoms with E-state index >= 15 is 0 Å². The zero-order chi connectivity index (χ0) is 17.6. The molecule has 0 fully saturated rings. The Balaban J connectivity index is -0.000000131. The van der Waals surface area contributed by atoms with Gasteiger partial charge in [0.2, 0.25) is 0 Å². The van der Waals surface area contributed by atoms with Crippen LogP contribution in [0.2, 0.25) is 0 Å². The molecule has 4 aromatic heterocycles. The third-order valence-electron chi connectivity index (χ3n) is 2.55. The van der Waals surface area contributed by atoms with Gasteiger partial charge in [-0.15, -0.1) is 71.9 Å². The lowest BCUT2D eigenvalue weighted by molar-refractivity contribution is 0.913. The van der Waals surface area contributed by atoms with Crippen LogP contribution in [0.1, 0.15) is 0 Å². The van der Waals surface area contributed by atoms with Crippen molar-refractivity contribution in [1.82, 2.24) is 38.2 Å². The number of aryl methyl sites for hydroxylation is 4. The Bertz CT molecular complexity index is 585. The smallest absolute Gasteiger partial charge is 0.0943 e. The fourth-order valence-corrected chi connectivity index (χ4v) is 1.30. The molecule has 0 atom stereocenters. The average Bonchev–Trinajstić information content (AvgIpc) is 3.31. The van der Waals surface area contributed by atoms with E-state index in [0.29, 0.717) is 0 Å². The normalized spacial score (nSPS) is 7.57. The van der Waals surface area contributed by atoms with Crippen molar-refractivity contribution in [2.75, 3.05) is 0 Å². The van der Waals surface area contributed by atoms with Gasteiger partial charge >= 0.3 is 0 Å². The zero-order valence-electron chi connectivity index (χ0n) is 16.3. The first kappa shape index (κ1) is 34.6. The van der Waals surface area contributed by atoms with Gasteiger partial charge < -0.3 is 18.3 Å². The quantitative estimate of drug-likeness (QED) is 0.207. The van der Waals surface area contributed by atoms with Crippen LogP contribution in [0.5, 0.6) is 0 Å². The maximum absolute atomic E-state index is 3.78. The lowest BCUT2D eigenvalue weighted by Crippen LogP contribution is -1.76. The Morgan fingerprint density at radius 3 is 0.643 bits per heavy atom. The van der Waals surface area contributed by atoms with Crippen LogP contribution in [0.3, 0.4) is 0 Å². The molecular weight excluding hydrogens is 696 g/mol. The molecule has 0 aliphatic heterocycles. The maximum atomic E-state index is 3.78. The van der Waals surface area contributed by atoms with Gasteiger partial charge in [-0.1, -0.05) is 0 Å². The molecule has 0 aromatic carbocycles. The molecule has 28 heavy (non-hydrogen) atoms. The highest BCUT2D eigenvalue weighted by Crippen LogP contribution is 1.75. The highest BCUT2D eigenvalue weighted by Gasteiger charge is 1.71. The number of nitrogens with zero attached hydrogens (tertiary/aromatic N) is 8. The fourth-order valence-electron chi connectivity index (χ4n) is 1.30. The van der Waals surface area contributed by atoms with Crippen LogP contribution in [0.4, 0.5) is 0 Å². The van der Waals surface area contributed by atoms with E-state index in [2.05, 4.69) is 19.9 Å². The largest absolute Gasteiger partial charge is 0.341 e. The van der Waals surface area contributed by atoms with Gasteiger partial charge in [-0.3, -0.25) is 0 Å². The summed E-state index contributed by atoms with van der Waals surface area (Å²) in [5.74, 6) is 0. The lowest BCUT2D eigenvalue weighted by atomic mass is 10.8. The molecular formula is C16H27BI3N8. The molecule has 155 valence electrons. The van der Waals surface area contributed by atoms with Crippen LogP contribution in [-0.2, 0) is 28.2 Å². The van der Waals surface area contributed by atoms with Crippen LogP contribution in [0, 0.1) is 0 Å². The van der Waals surface area contributed by atoms with E-state index in [1.807, 2.05) is 71.2 Å². The van der Waals surface area contributed by atoms with Gasteiger partial charge in [0, 0.05) is 86.2 Å². The molecule has 0 saturated heterocycles. The van der Waals surface area contributed by atoms with Crippen molar-refractivity contribution in [3.63, 3.8) is 0 Å². The Morgan fingerprint density at radius 1 is 0.429 bits per heavy atom. The number of rotatable bonds is 0. The average molecular weight is 723 g/mol. The van der Waals surface area contributed by atoms with E-state index in [-0.39, 0.29) is 80.3 Å². The molecule has 0 aliphatic rings.